The van der Waals surface area contributed by atoms with Crippen LogP contribution < -0.4 is 10.6 Å². The lowest BCUT2D eigenvalue weighted by atomic mass is 10.2. The van der Waals surface area contributed by atoms with Gasteiger partial charge < -0.3 is 15.4 Å². The monoisotopic (exact) mass is 288 g/mol. The summed E-state index contributed by atoms with van der Waals surface area (Å²) in [6.45, 7) is 1.69. The van der Waals surface area contributed by atoms with E-state index in [2.05, 4.69) is 10.6 Å². The van der Waals surface area contributed by atoms with Crippen LogP contribution in [0.2, 0.25) is 0 Å². The molecule has 2 rings (SSSR count). The first kappa shape index (κ1) is 15.9. The Labute approximate surface area is 118 Å². The molecule has 0 radical (unpaired) electrons. The number of carbonyl (C=O) groups is 1. The van der Waals surface area contributed by atoms with E-state index in [1.54, 1.807) is 12.1 Å². The van der Waals surface area contributed by atoms with Gasteiger partial charge >= 0.3 is 0 Å². The van der Waals surface area contributed by atoms with Gasteiger partial charge in [-0.15, -0.1) is 12.4 Å². The summed E-state index contributed by atoms with van der Waals surface area (Å²) in [4.78, 5) is 11.6. The molecule has 1 saturated heterocycles. The quantitative estimate of drug-likeness (QED) is 0.871. The van der Waals surface area contributed by atoms with Crippen molar-refractivity contribution < 1.29 is 13.9 Å². The number of benzene rings is 1. The normalized spacial score (nSPS) is 17.8. The van der Waals surface area contributed by atoms with Crippen molar-refractivity contribution in [2.45, 2.75) is 18.9 Å². The van der Waals surface area contributed by atoms with Crippen LogP contribution in [0.3, 0.4) is 0 Å². The van der Waals surface area contributed by atoms with E-state index in [4.69, 9.17) is 4.74 Å². The van der Waals surface area contributed by atoms with Gasteiger partial charge in [0.25, 0.3) is 0 Å². The molecule has 1 aromatic rings. The molecular formula is C13H18ClFN2O2. The highest BCUT2D eigenvalue weighted by Gasteiger charge is 2.15. The third kappa shape index (κ3) is 5.55. The average Bonchev–Trinajstić information content (AvgIpc) is 2.82. The van der Waals surface area contributed by atoms with Crippen LogP contribution in [0.15, 0.2) is 24.3 Å². The first-order valence-electron chi connectivity index (χ1n) is 6.12. The molecule has 0 aliphatic carbocycles. The van der Waals surface area contributed by atoms with Gasteiger partial charge in [0.1, 0.15) is 5.82 Å². The lowest BCUT2D eigenvalue weighted by molar-refractivity contribution is -0.115. The molecular weight excluding hydrogens is 271 g/mol. The van der Waals surface area contributed by atoms with Gasteiger partial charge in [0, 0.05) is 18.8 Å². The molecule has 0 spiro atoms. The highest BCUT2D eigenvalue weighted by atomic mass is 35.5. The molecule has 19 heavy (non-hydrogen) atoms. The summed E-state index contributed by atoms with van der Waals surface area (Å²) in [5.41, 5.74) is 0.471. The Morgan fingerprint density at radius 3 is 3.00 bits per heavy atom. The van der Waals surface area contributed by atoms with Crippen LogP contribution in [-0.2, 0) is 9.53 Å². The van der Waals surface area contributed by atoms with Gasteiger partial charge in [0.15, 0.2) is 0 Å². The fourth-order valence-electron chi connectivity index (χ4n) is 1.92. The molecule has 1 aliphatic heterocycles. The Hall–Kier alpha value is -1.17. The maximum atomic E-state index is 12.9. The van der Waals surface area contributed by atoms with Gasteiger partial charge in [-0.1, -0.05) is 6.07 Å². The van der Waals surface area contributed by atoms with Crippen LogP contribution >= 0.6 is 12.4 Å². The number of nitrogens with one attached hydrogen (secondary N) is 2. The fourth-order valence-corrected chi connectivity index (χ4v) is 1.92. The lowest BCUT2D eigenvalue weighted by Gasteiger charge is -2.10. The Kier molecular flexibility index (Phi) is 6.77. The number of anilines is 1. The number of amides is 1. The average molecular weight is 289 g/mol. The first-order chi connectivity index (χ1) is 8.74. The Balaban J connectivity index is 0.00000180. The molecule has 0 bridgehead atoms. The predicted molar refractivity (Wildman–Crippen MR) is 74.1 cm³/mol. The molecule has 6 heteroatoms. The zero-order valence-corrected chi connectivity index (χ0v) is 11.3. The summed E-state index contributed by atoms with van der Waals surface area (Å²) >= 11 is 0. The minimum Gasteiger partial charge on any atom is -0.377 e. The van der Waals surface area contributed by atoms with Crippen molar-refractivity contribution in [2.75, 3.05) is 25.0 Å². The van der Waals surface area contributed by atoms with Crippen LogP contribution in [0.5, 0.6) is 0 Å². The third-order valence-corrected chi connectivity index (χ3v) is 2.79. The minimum atomic E-state index is -0.361. The maximum Gasteiger partial charge on any atom is 0.238 e. The molecule has 4 nitrogen and oxygen atoms in total. The standard InChI is InChI=1S/C13H17FN2O2.ClH/c14-10-3-1-4-11(7-10)16-13(17)9-15-8-12-5-2-6-18-12;/h1,3-4,7,12,15H,2,5-6,8-9H2,(H,16,17);1H. The van der Waals surface area contributed by atoms with Gasteiger partial charge in [-0.2, -0.15) is 0 Å². The van der Waals surface area contributed by atoms with Crippen molar-refractivity contribution in [2.24, 2.45) is 0 Å². The van der Waals surface area contributed by atoms with Gasteiger partial charge in [0.2, 0.25) is 5.91 Å². The van der Waals surface area contributed by atoms with Crippen LogP contribution in [0.25, 0.3) is 0 Å². The van der Waals surface area contributed by atoms with Crippen LogP contribution in [0.1, 0.15) is 12.8 Å². The predicted octanol–water partition coefficient (Wildman–Crippen LogP) is 1.95. The van der Waals surface area contributed by atoms with E-state index in [9.17, 15) is 9.18 Å². The van der Waals surface area contributed by atoms with Gasteiger partial charge in [0.05, 0.1) is 12.6 Å². The van der Waals surface area contributed by atoms with Crippen molar-refractivity contribution >= 4 is 24.0 Å². The molecule has 1 aromatic carbocycles. The molecule has 2 N–H and O–H groups in total. The van der Waals surface area contributed by atoms with E-state index in [0.717, 1.165) is 19.4 Å². The topological polar surface area (TPSA) is 50.4 Å². The SMILES string of the molecule is Cl.O=C(CNCC1CCCO1)Nc1cccc(F)c1. The minimum absolute atomic E-state index is 0. The summed E-state index contributed by atoms with van der Waals surface area (Å²) < 4.78 is 18.3. The Morgan fingerprint density at radius 1 is 1.47 bits per heavy atom. The number of halogens is 2. The largest absolute Gasteiger partial charge is 0.377 e. The van der Waals surface area contributed by atoms with Crippen molar-refractivity contribution in [1.82, 2.24) is 5.32 Å². The van der Waals surface area contributed by atoms with Crippen molar-refractivity contribution in [3.8, 4) is 0 Å². The molecule has 1 unspecified atom stereocenters. The summed E-state index contributed by atoms with van der Waals surface area (Å²) in [6.07, 6.45) is 2.34. The van der Waals surface area contributed by atoms with E-state index in [-0.39, 0.29) is 36.8 Å². The number of hydrogen-bond donors (Lipinski definition) is 2. The van der Waals surface area contributed by atoms with Crippen LogP contribution in [-0.4, -0.2) is 31.7 Å². The van der Waals surface area contributed by atoms with E-state index < -0.39 is 0 Å². The highest BCUT2D eigenvalue weighted by Crippen LogP contribution is 2.10. The van der Waals surface area contributed by atoms with Crippen LogP contribution in [0.4, 0.5) is 10.1 Å². The second-order valence-electron chi connectivity index (χ2n) is 4.32. The first-order valence-corrected chi connectivity index (χ1v) is 6.12. The van der Waals surface area contributed by atoms with Crippen molar-refractivity contribution in [3.63, 3.8) is 0 Å². The third-order valence-electron chi connectivity index (χ3n) is 2.79. The number of rotatable bonds is 5. The maximum absolute atomic E-state index is 12.9. The fraction of sp³-hybridized carbons (Fsp3) is 0.462. The van der Waals surface area contributed by atoms with Crippen molar-refractivity contribution in [3.05, 3.63) is 30.1 Å². The molecule has 1 fully saturated rings. The van der Waals surface area contributed by atoms with Crippen LogP contribution in [0, 0.1) is 5.82 Å². The van der Waals surface area contributed by atoms with E-state index in [0.29, 0.717) is 12.2 Å². The van der Waals surface area contributed by atoms with Gasteiger partial charge in [-0.25, -0.2) is 4.39 Å². The van der Waals surface area contributed by atoms with Crippen molar-refractivity contribution in [1.29, 1.82) is 0 Å². The molecule has 106 valence electrons. The van der Waals surface area contributed by atoms with E-state index >= 15 is 0 Å². The van der Waals surface area contributed by atoms with Gasteiger partial charge in [-0.3, -0.25) is 4.79 Å². The summed E-state index contributed by atoms with van der Waals surface area (Å²) in [5, 5.41) is 5.66. The number of carbonyl (C=O) groups excluding carboxylic acids is 1. The molecule has 0 aromatic heterocycles. The second-order valence-corrected chi connectivity index (χ2v) is 4.32. The van der Waals surface area contributed by atoms with Gasteiger partial charge in [-0.05, 0) is 31.0 Å². The highest BCUT2D eigenvalue weighted by molar-refractivity contribution is 5.92. The smallest absolute Gasteiger partial charge is 0.238 e. The summed E-state index contributed by atoms with van der Waals surface area (Å²) in [6, 6.07) is 5.84. The molecule has 1 heterocycles. The lowest BCUT2D eigenvalue weighted by Crippen LogP contribution is -2.33. The number of ether oxygens (including phenoxy) is 1. The Bertz CT molecular complexity index is 411. The summed E-state index contributed by atoms with van der Waals surface area (Å²) in [7, 11) is 0. The second kappa shape index (κ2) is 8.09. The van der Waals surface area contributed by atoms with E-state index in [1.807, 2.05) is 0 Å². The number of hydrogen-bond acceptors (Lipinski definition) is 3. The zero-order valence-electron chi connectivity index (χ0n) is 10.5. The summed E-state index contributed by atoms with van der Waals surface area (Å²) in [5.74, 6) is -0.543. The Morgan fingerprint density at radius 2 is 2.32 bits per heavy atom. The van der Waals surface area contributed by atoms with E-state index in [1.165, 1.54) is 12.1 Å². The molecule has 1 atom stereocenters. The molecule has 0 saturated carbocycles. The molecule has 1 amide bonds. The zero-order chi connectivity index (χ0) is 12.8. The molecule has 1 aliphatic rings.